The number of rotatable bonds is 2. The van der Waals surface area contributed by atoms with Crippen molar-refractivity contribution in [1.29, 1.82) is 0 Å². The summed E-state index contributed by atoms with van der Waals surface area (Å²) in [7, 11) is 3.38. The Balaban J connectivity index is 1.91. The van der Waals surface area contributed by atoms with E-state index < -0.39 is 6.03 Å². The Labute approximate surface area is 105 Å². The zero-order valence-corrected chi connectivity index (χ0v) is 10.6. The van der Waals surface area contributed by atoms with E-state index in [1.54, 1.807) is 19.0 Å². The van der Waals surface area contributed by atoms with Crippen molar-refractivity contribution in [3.63, 3.8) is 0 Å². The molecule has 0 spiro atoms. The average Bonchev–Trinajstić information content (AvgIpc) is 2.57. The standard InChI is InChI=1S/C11H18N4O3/c1-13(2)10(17)7-3-9(16)15(4-7)8-5-14(6-8)11(12)18/h7-8H,3-6H2,1-2H3,(H2,12,18). The third-order valence-electron chi connectivity index (χ3n) is 3.56. The van der Waals surface area contributed by atoms with Gasteiger partial charge in [-0.05, 0) is 0 Å². The predicted octanol–water partition coefficient (Wildman–Crippen LogP) is -1.31. The van der Waals surface area contributed by atoms with E-state index in [0.29, 0.717) is 19.6 Å². The molecule has 2 rings (SSSR count). The minimum atomic E-state index is -0.459. The van der Waals surface area contributed by atoms with Crippen LogP contribution in [0.15, 0.2) is 0 Å². The van der Waals surface area contributed by atoms with Crippen LogP contribution >= 0.6 is 0 Å². The lowest BCUT2D eigenvalue weighted by Gasteiger charge is -2.43. The Morgan fingerprint density at radius 2 is 1.89 bits per heavy atom. The minimum absolute atomic E-state index is 0.00989. The molecule has 2 aliphatic heterocycles. The van der Waals surface area contributed by atoms with Crippen molar-refractivity contribution < 1.29 is 14.4 Å². The molecule has 1 atom stereocenters. The third-order valence-corrected chi connectivity index (χ3v) is 3.56. The average molecular weight is 254 g/mol. The van der Waals surface area contributed by atoms with E-state index in [0.717, 1.165) is 0 Å². The molecule has 1 unspecified atom stereocenters. The van der Waals surface area contributed by atoms with E-state index >= 15 is 0 Å². The number of carbonyl (C=O) groups is 3. The maximum Gasteiger partial charge on any atom is 0.314 e. The van der Waals surface area contributed by atoms with Gasteiger partial charge in [0.15, 0.2) is 0 Å². The van der Waals surface area contributed by atoms with Crippen LogP contribution in [0.25, 0.3) is 0 Å². The minimum Gasteiger partial charge on any atom is -0.351 e. The van der Waals surface area contributed by atoms with Gasteiger partial charge in [-0.1, -0.05) is 0 Å². The van der Waals surface area contributed by atoms with Crippen molar-refractivity contribution in [2.75, 3.05) is 33.7 Å². The van der Waals surface area contributed by atoms with E-state index in [-0.39, 0.29) is 30.2 Å². The highest BCUT2D eigenvalue weighted by Crippen LogP contribution is 2.25. The second kappa shape index (κ2) is 4.47. The van der Waals surface area contributed by atoms with Gasteiger partial charge in [-0.25, -0.2) is 4.79 Å². The van der Waals surface area contributed by atoms with Crippen LogP contribution in [0.2, 0.25) is 0 Å². The SMILES string of the molecule is CN(C)C(=O)C1CC(=O)N(C2CN(C(N)=O)C2)C1. The van der Waals surface area contributed by atoms with Gasteiger partial charge in [0.1, 0.15) is 0 Å². The molecule has 0 aliphatic carbocycles. The highest BCUT2D eigenvalue weighted by atomic mass is 16.2. The topological polar surface area (TPSA) is 87.0 Å². The maximum atomic E-state index is 11.8. The number of nitrogens with two attached hydrogens (primary N) is 1. The molecule has 0 aromatic heterocycles. The van der Waals surface area contributed by atoms with Gasteiger partial charge in [-0.3, -0.25) is 9.59 Å². The summed E-state index contributed by atoms with van der Waals surface area (Å²) in [6, 6.07) is -0.441. The second-order valence-electron chi connectivity index (χ2n) is 5.08. The fraction of sp³-hybridized carbons (Fsp3) is 0.727. The molecular weight excluding hydrogens is 236 g/mol. The number of nitrogens with zero attached hydrogens (tertiary/aromatic N) is 3. The first-order valence-corrected chi connectivity index (χ1v) is 5.95. The molecule has 4 amide bonds. The van der Waals surface area contributed by atoms with Crippen molar-refractivity contribution in [1.82, 2.24) is 14.7 Å². The number of hydrogen-bond acceptors (Lipinski definition) is 3. The van der Waals surface area contributed by atoms with E-state index in [4.69, 9.17) is 5.73 Å². The summed E-state index contributed by atoms with van der Waals surface area (Å²) in [5.41, 5.74) is 5.13. The molecule has 100 valence electrons. The Morgan fingerprint density at radius 3 is 2.39 bits per heavy atom. The van der Waals surface area contributed by atoms with Crippen molar-refractivity contribution in [3.8, 4) is 0 Å². The van der Waals surface area contributed by atoms with Crippen LogP contribution in [0.1, 0.15) is 6.42 Å². The van der Waals surface area contributed by atoms with Crippen LogP contribution in [0, 0.1) is 5.92 Å². The fourth-order valence-corrected chi connectivity index (χ4v) is 2.45. The molecule has 0 aromatic carbocycles. The number of amides is 4. The van der Waals surface area contributed by atoms with E-state index in [1.165, 1.54) is 9.80 Å². The van der Waals surface area contributed by atoms with Gasteiger partial charge in [-0.15, -0.1) is 0 Å². The van der Waals surface area contributed by atoms with Gasteiger partial charge < -0.3 is 20.4 Å². The van der Waals surface area contributed by atoms with Crippen molar-refractivity contribution in [2.24, 2.45) is 11.7 Å². The van der Waals surface area contributed by atoms with Crippen LogP contribution in [-0.2, 0) is 9.59 Å². The number of hydrogen-bond donors (Lipinski definition) is 1. The van der Waals surface area contributed by atoms with E-state index in [1.807, 2.05) is 0 Å². The largest absolute Gasteiger partial charge is 0.351 e. The first-order valence-electron chi connectivity index (χ1n) is 5.95. The number of primary amides is 1. The van der Waals surface area contributed by atoms with Gasteiger partial charge in [-0.2, -0.15) is 0 Å². The lowest BCUT2D eigenvalue weighted by molar-refractivity contribution is -0.134. The molecule has 7 heteroatoms. The molecule has 0 radical (unpaired) electrons. The van der Waals surface area contributed by atoms with Crippen LogP contribution in [-0.4, -0.2) is 72.3 Å². The predicted molar refractivity (Wildman–Crippen MR) is 63.5 cm³/mol. The normalized spacial score (nSPS) is 24.1. The highest BCUT2D eigenvalue weighted by Gasteiger charge is 2.43. The summed E-state index contributed by atoms with van der Waals surface area (Å²) in [4.78, 5) is 39.2. The summed E-state index contributed by atoms with van der Waals surface area (Å²) in [6.07, 6.45) is 0.268. The van der Waals surface area contributed by atoms with Gasteiger partial charge >= 0.3 is 6.03 Å². The van der Waals surface area contributed by atoms with Crippen molar-refractivity contribution >= 4 is 17.8 Å². The zero-order valence-electron chi connectivity index (χ0n) is 10.6. The summed E-state index contributed by atoms with van der Waals surface area (Å²) >= 11 is 0. The van der Waals surface area contributed by atoms with Gasteiger partial charge in [0.25, 0.3) is 0 Å². The Hall–Kier alpha value is -1.79. The van der Waals surface area contributed by atoms with Gasteiger partial charge in [0, 0.05) is 40.2 Å². The summed E-state index contributed by atoms with van der Waals surface area (Å²) in [5.74, 6) is -0.281. The summed E-state index contributed by atoms with van der Waals surface area (Å²) in [6.45, 7) is 1.40. The molecule has 2 saturated heterocycles. The lowest BCUT2D eigenvalue weighted by Crippen LogP contribution is -2.62. The maximum absolute atomic E-state index is 11.8. The number of likely N-dealkylation sites (tertiary alicyclic amines) is 2. The van der Waals surface area contributed by atoms with Gasteiger partial charge in [0.2, 0.25) is 11.8 Å². The quantitative estimate of drug-likeness (QED) is 0.663. The number of urea groups is 1. The summed E-state index contributed by atoms with van der Waals surface area (Å²) < 4.78 is 0. The van der Waals surface area contributed by atoms with E-state index in [9.17, 15) is 14.4 Å². The Morgan fingerprint density at radius 1 is 1.28 bits per heavy atom. The molecule has 2 heterocycles. The summed E-state index contributed by atoms with van der Waals surface area (Å²) in [5, 5.41) is 0. The first kappa shape index (κ1) is 12.7. The van der Waals surface area contributed by atoms with Crippen LogP contribution in [0.3, 0.4) is 0 Å². The molecular formula is C11H18N4O3. The highest BCUT2D eigenvalue weighted by molar-refractivity contribution is 5.89. The van der Waals surface area contributed by atoms with Gasteiger partial charge in [0.05, 0.1) is 12.0 Å². The molecule has 0 bridgehead atoms. The molecule has 18 heavy (non-hydrogen) atoms. The second-order valence-corrected chi connectivity index (χ2v) is 5.08. The fourth-order valence-electron chi connectivity index (χ4n) is 2.45. The molecule has 2 fully saturated rings. The van der Waals surface area contributed by atoms with Crippen molar-refractivity contribution in [2.45, 2.75) is 12.5 Å². The third kappa shape index (κ3) is 2.12. The number of carbonyl (C=O) groups excluding carboxylic acids is 3. The Bertz CT molecular complexity index is 390. The monoisotopic (exact) mass is 254 g/mol. The van der Waals surface area contributed by atoms with Crippen molar-refractivity contribution in [3.05, 3.63) is 0 Å². The van der Waals surface area contributed by atoms with Crippen LogP contribution < -0.4 is 5.73 Å². The zero-order chi connectivity index (χ0) is 13.4. The molecule has 7 nitrogen and oxygen atoms in total. The van der Waals surface area contributed by atoms with E-state index in [2.05, 4.69) is 0 Å². The molecule has 2 aliphatic rings. The first-order chi connectivity index (χ1) is 8.40. The van der Waals surface area contributed by atoms with Crippen LogP contribution in [0.5, 0.6) is 0 Å². The Kier molecular flexibility index (Phi) is 3.14. The molecule has 0 saturated carbocycles. The molecule has 0 aromatic rings. The lowest BCUT2D eigenvalue weighted by atomic mass is 10.1. The smallest absolute Gasteiger partial charge is 0.314 e. The van der Waals surface area contributed by atoms with Crippen LogP contribution in [0.4, 0.5) is 4.79 Å². The molecule has 2 N–H and O–H groups in total.